The number of aromatic nitrogens is 2. The fourth-order valence-corrected chi connectivity index (χ4v) is 5.60. The molecule has 2 aromatic rings. The first kappa shape index (κ1) is 30.2. The first-order valence-corrected chi connectivity index (χ1v) is 14.7. The van der Waals surface area contributed by atoms with E-state index in [1.165, 1.54) is 4.68 Å². The summed E-state index contributed by atoms with van der Waals surface area (Å²) in [6, 6.07) is 7.65. The quantitative estimate of drug-likeness (QED) is 0.404. The van der Waals surface area contributed by atoms with Crippen LogP contribution in [-0.2, 0) is 27.9 Å². The van der Waals surface area contributed by atoms with E-state index in [0.29, 0.717) is 37.3 Å². The van der Waals surface area contributed by atoms with Gasteiger partial charge in [0.1, 0.15) is 17.8 Å². The van der Waals surface area contributed by atoms with Gasteiger partial charge in [-0.05, 0) is 49.6 Å². The number of hydrogen-bond acceptors (Lipinski definition) is 6. The van der Waals surface area contributed by atoms with Crippen LogP contribution in [-0.4, -0.2) is 88.5 Å². The van der Waals surface area contributed by atoms with Gasteiger partial charge in [0.25, 0.3) is 5.91 Å². The molecule has 1 aromatic carbocycles. The number of hydrogen-bond donors (Lipinski definition) is 3. The fourth-order valence-electron chi connectivity index (χ4n) is 5.60. The van der Waals surface area contributed by atoms with Gasteiger partial charge in [0.15, 0.2) is 0 Å². The van der Waals surface area contributed by atoms with Crippen LogP contribution in [0.5, 0.6) is 0 Å². The van der Waals surface area contributed by atoms with Gasteiger partial charge in [-0.3, -0.25) is 23.9 Å². The molecule has 2 heterocycles. The normalized spacial score (nSPS) is 17.9. The van der Waals surface area contributed by atoms with Crippen LogP contribution in [0.15, 0.2) is 36.5 Å². The maximum Gasteiger partial charge on any atom is 0.270 e. The molecular weight excluding hydrogens is 522 g/mol. The summed E-state index contributed by atoms with van der Waals surface area (Å²) in [6.07, 6.45) is 7.19. The maximum atomic E-state index is 13.5. The van der Waals surface area contributed by atoms with E-state index in [2.05, 4.69) is 25.9 Å². The third-order valence-electron chi connectivity index (χ3n) is 8.17. The SMILES string of the molecule is CCC(=O)NC(Cc1ccc(NC(=O)C(NC(=O)c2ccnn2C)C2CCCCC2)cc1)C(=O)N1CCN(C)CC1. The van der Waals surface area contributed by atoms with Crippen molar-refractivity contribution in [3.05, 3.63) is 47.8 Å². The van der Waals surface area contributed by atoms with Gasteiger partial charge in [0.2, 0.25) is 17.7 Å². The van der Waals surface area contributed by atoms with Crippen molar-refractivity contribution in [1.82, 2.24) is 30.2 Å². The first-order valence-electron chi connectivity index (χ1n) is 14.7. The number of benzene rings is 1. The van der Waals surface area contributed by atoms with Gasteiger partial charge in [-0.2, -0.15) is 5.10 Å². The lowest BCUT2D eigenvalue weighted by atomic mass is 9.83. The summed E-state index contributed by atoms with van der Waals surface area (Å²) < 4.78 is 1.49. The van der Waals surface area contributed by atoms with Gasteiger partial charge in [0.05, 0.1) is 0 Å². The zero-order valence-electron chi connectivity index (χ0n) is 24.4. The average Bonchev–Trinajstić information content (AvgIpc) is 3.42. The maximum absolute atomic E-state index is 13.5. The van der Waals surface area contributed by atoms with Crippen LogP contribution >= 0.6 is 0 Å². The van der Waals surface area contributed by atoms with E-state index in [-0.39, 0.29) is 29.5 Å². The highest BCUT2D eigenvalue weighted by Crippen LogP contribution is 2.27. The summed E-state index contributed by atoms with van der Waals surface area (Å²) in [5, 5.41) is 12.9. The second-order valence-electron chi connectivity index (χ2n) is 11.2. The third kappa shape index (κ3) is 8.16. The number of likely N-dealkylation sites (N-methyl/N-ethyl adjacent to an activating group) is 1. The summed E-state index contributed by atoms with van der Waals surface area (Å²) in [5.41, 5.74) is 1.88. The van der Waals surface area contributed by atoms with Crippen LogP contribution in [0.3, 0.4) is 0 Å². The van der Waals surface area contributed by atoms with Crippen molar-refractivity contribution in [3.8, 4) is 0 Å². The number of rotatable bonds is 10. The Bertz CT molecular complexity index is 1200. The molecule has 2 aliphatic rings. The summed E-state index contributed by atoms with van der Waals surface area (Å²) in [4.78, 5) is 55.9. The molecular formula is C30H43N7O4. The number of nitrogens with zero attached hydrogens (tertiary/aromatic N) is 4. The Balaban J connectivity index is 1.42. The van der Waals surface area contributed by atoms with Crippen LogP contribution in [0.25, 0.3) is 0 Å². The summed E-state index contributed by atoms with van der Waals surface area (Å²) in [7, 11) is 3.73. The molecule has 2 atom stereocenters. The van der Waals surface area contributed by atoms with E-state index in [1.54, 1.807) is 38.4 Å². The number of anilines is 1. The molecule has 11 heteroatoms. The molecule has 1 aliphatic carbocycles. The molecule has 222 valence electrons. The average molecular weight is 566 g/mol. The van der Waals surface area contributed by atoms with Crippen molar-refractivity contribution in [1.29, 1.82) is 0 Å². The third-order valence-corrected chi connectivity index (χ3v) is 8.17. The molecule has 0 radical (unpaired) electrons. The van der Waals surface area contributed by atoms with Crippen LogP contribution < -0.4 is 16.0 Å². The van der Waals surface area contributed by atoms with Crippen molar-refractivity contribution in [2.75, 3.05) is 38.5 Å². The largest absolute Gasteiger partial charge is 0.344 e. The second kappa shape index (κ2) is 14.2. The predicted molar refractivity (Wildman–Crippen MR) is 156 cm³/mol. The molecule has 1 aliphatic heterocycles. The Hall–Kier alpha value is -3.73. The van der Waals surface area contributed by atoms with Crippen LogP contribution in [0, 0.1) is 5.92 Å². The topological polar surface area (TPSA) is 129 Å². The van der Waals surface area contributed by atoms with Crippen LogP contribution in [0.4, 0.5) is 5.69 Å². The molecule has 3 N–H and O–H groups in total. The van der Waals surface area contributed by atoms with Crippen molar-refractivity contribution < 1.29 is 19.2 Å². The number of amides is 4. The monoisotopic (exact) mass is 565 g/mol. The molecule has 11 nitrogen and oxygen atoms in total. The number of nitrogens with one attached hydrogen (secondary N) is 3. The molecule has 0 spiro atoms. The Kier molecular flexibility index (Phi) is 10.5. The van der Waals surface area contributed by atoms with E-state index < -0.39 is 12.1 Å². The summed E-state index contributed by atoms with van der Waals surface area (Å²) >= 11 is 0. The second-order valence-corrected chi connectivity index (χ2v) is 11.2. The molecule has 2 unspecified atom stereocenters. The Morgan fingerprint density at radius 2 is 1.61 bits per heavy atom. The standard InChI is InChI=1S/C30H43N7O4/c1-4-26(38)33-24(30(41)37-18-16-35(2)17-19-37)20-21-10-12-23(13-11-21)32-29(40)27(22-8-6-5-7-9-22)34-28(39)25-14-15-31-36(25)3/h10-15,22,24,27H,4-9,16-20H2,1-3H3,(H,32,40)(H,33,38)(H,34,39). The minimum absolute atomic E-state index is 0.0590. The van der Waals surface area contributed by atoms with Crippen LogP contribution in [0.2, 0.25) is 0 Å². The molecule has 0 bridgehead atoms. The number of carbonyl (C=O) groups excluding carboxylic acids is 4. The highest BCUT2D eigenvalue weighted by atomic mass is 16.2. The molecule has 1 aromatic heterocycles. The lowest BCUT2D eigenvalue weighted by Crippen LogP contribution is -2.54. The van der Waals surface area contributed by atoms with Crippen molar-refractivity contribution in [2.24, 2.45) is 13.0 Å². The molecule has 4 amide bonds. The van der Waals surface area contributed by atoms with E-state index in [1.807, 2.05) is 24.1 Å². The van der Waals surface area contributed by atoms with Gasteiger partial charge in [-0.1, -0.05) is 38.3 Å². The van der Waals surface area contributed by atoms with Crippen molar-refractivity contribution in [3.63, 3.8) is 0 Å². The Labute approximate surface area is 242 Å². The lowest BCUT2D eigenvalue weighted by Gasteiger charge is -2.34. The first-order chi connectivity index (χ1) is 19.7. The number of piperazine rings is 1. The molecule has 1 saturated carbocycles. The minimum Gasteiger partial charge on any atom is -0.344 e. The lowest BCUT2D eigenvalue weighted by molar-refractivity contribution is -0.137. The number of aryl methyl sites for hydroxylation is 1. The summed E-state index contributed by atoms with van der Waals surface area (Å²) in [6.45, 7) is 4.65. The van der Waals surface area contributed by atoms with Crippen molar-refractivity contribution in [2.45, 2.75) is 64.0 Å². The zero-order valence-corrected chi connectivity index (χ0v) is 24.4. The highest BCUT2D eigenvalue weighted by Gasteiger charge is 2.32. The van der Waals surface area contributed by atoms with Gasteiger partial charge in [-0.25, -0.2) is 0 Å². The molecule has 2 fully saturated rings. The number of carbonyl (C=O) groups is 4. The molecule has 1 saturated heterocycles. The van der Waals surface area contributed by atoms with E-state index in [4.69, 9.17) is 0 Å². The predicted octanol–water partition coefficient (Wildman–Crippen LogP) is 1.95. The Morgan fingerprint density at radius 1 is 0.927 bits per heavy atom. The van der Waals surface area contributed by atoms with Crippen LogP contribution in [0.1, 0.15) is 61.5 Å². The summed E-state index contributed by atoms with van der Waals surface area (Å²) in [5.74, 6) is -0.751. The highest BCUT2D eigenvalue weighted by molar-refractivity contribution is 6.00. The molecule has 4 rings (SSSR count). The van der Waals surface area contributed by atoms with Crippen molar-refractivity contribution >= 4 is 29.3 Å². The minimum atomic E-state index is -0.660. The van der Waals surface area contributed by atoms with E-state index in [0.717, 1.165) is 50.8 Å². The Morgan fingerprint density at radius 3 is 2.22 bits per heavy atom. The van der Waals surface area contributed by atoms with Gasteiger partial charge < -0.3 is 25.8 Å². The van der Waals surface area contributed by atoms with E-state index >= 15 is 0 Å². The van der Waals surface area contributed by atoms with E-state index in [9.17, 15) is 19.2 Å². The van der Waals surface area contributed by atoms with Gasteiger partial charge >= 0.3 is 0 Å². The smallest absolute Gasteiger partial charge is 0.270 e. The molecule has 41 heavy (non-hydrogen) atoms. The van der Waals surface area contributed by atoms with Gasteiger partial charge in [-0.15, -0.1) is 0 Å². The van der Waals surface area contributed by atoms with Gasteiger partial charge in [0, 0.05) is 58.0 Å². The fraction of sp³-hybridized carbons (Fsp3) is 0.567. The zero-order chi connectivity index (χ0) is 29.4.